The molecule has 2 heterocycles. The van der Waals surface area contributed by atoms with Crippen molar-refractivity contribution in [3.05, 3.63) is 62.0 Å². The van der Waals surface area contributed by atoms with E-state index < -0.39 is 0 Å². The number of hydrogen-bond acceptors (Lipinski definition) is 6. The summed E-state index contributed by atoms with van der Waals surface area (Å²) in [6.07, 6.45) is 0. The van der Waals surface area contributed by atoms with Gasteiger partial charge in [0.15, 0.2) is 0 Å². The van der Waals surface area contributed by atoms with Gasteiger partial charge in [-0.05, 0) is 38.8 Å². The van der Waals surface area contributed by atoms with E-state index in [0.29, 0.717) is 23.5 Å². The van der Waals surface area contributed by atoms with E-state index in [1.807, 2.05) is 32.5 Å². The van der Waals surface area contributed by atoms with Crippen molar-refractivity contribution in [2.24, 2.45) is 0 Å². The van der Waals surface area contributed by atoms with Crippen LogP contribution >= 0.6 is 34.9 Å². The molecule has 1 atom stereocenters. The Morgan fingerprint density at radius 3 is 2.67 bits per heavy atom. The highest BCUT2D eigenvalue weighted by atomic mass is 32.2. The number of aromatic amines is 1. The molecule has 0 spiro atoms. The zero-order valence-corrected chi connectivity index (χ0v) is 20.2. The van der Waals surface area contributed by atoms with Gasteiger partial charge in [-0.2, -0.15) is 11.8 Å². The number of amides is 1. The smallest absolute Gasteiger partial charge is 0.259 e. The van der Waals surface area contributed by atoms with Crippen molar-refractivity contribution in [2.45, 2.75) is 44.5 Å². The van der Waals surface area contributed by atoms with Gasteiger partial charge in [-0.3, -0.25) is 9.59 Å². The minimum absolute atomic E-state index is 0.0159. The molecule has 0 aliphatic rings. The number of H-pyrrole nitrogens is 1. The third-order valence-corrected chi connectivity index (χ3v) is 8.15. The predicted octanol–water partition coefficient (Wildman–Crippen LogP) is 4.58. The Labute approximate surface area is 189 Å². The molecule has 1 amide bonds. The van der Waals surface area contributed by atoms with E-state index in [1.165, 1.54) is 22.9 Å². The first-order chi connectivity index (χ1) is 14.3. The number of hydrogen-bond donors (Lipinski definition) is 2. The standard InChI is InChI=1S/C22H27N3O2S3/c1-13-5-7-17(8-6-13)11-28-10-9-23-20(26)16(4)29-12-18-24-21(27)19-14(2)15(3)30-22(19)25-18/h5-8,16H,9-12H2,1-4H3,(H,23,26)(H,24,25,27). The summed E-state index contributed by atoms with van der Waals surface area (Å²) in [6.45, 7) is 8.57. The van der Waals surface area contributed by atoms with Crippen molar-refractivity contribution < 1.29 is 4.79 Å². The summed E-state index contributed by atoms with van der Waals surface area (Å²) in [5, 5.41) is 3.47. The van der Waals surface area contributed by atoms with Gasteiger partial charge in [-0.25, -0.2) is 4.98 Å². The van der Waals surface area contributed by atoms with E-state index in [9.17, 15) is 9.59 Å². The van der Waals surface area contributed by atoms with Crippen molar-refractivity contribution in [1.82, 2.24) is 15.3 Å². The van der Waals surface area contributed by atoms with E-state index in [0.717, 1.165) is 26.8 Å². The van der Waals surface area contributed by atoms with Gasteiger partial charge in [0, 0.05) is 22.9 Å². The fourth-order valence-corrected chi connectivity index (χ4v) is 5.56. The second-order valence-corrected chi connectivity index (χ2v) is 10.9. The molecule has 0 fully saturated rings. The van der Waals surface area contributed by atoms with Crippen molar-refractivity contribution in [3.63, 3.8) is 0 Å². The number of rotatable bonds is 9. The maximum Gasteiger partial charge on any atom is 0.259 e. The number of aryl methyl sites for hydroxylation is 3. The summed E-state index contributed by atoms with van der Waals surface area (Å²) < 4.78 is 0. The first-order valence-electron chi connectivity index (χ1n) is 9.86. The molecular weight excluding hydrogens is 434 g/mol. The molecular formula is C22H27N3O2S3. The van der Waals surface area contributed by atoms with Crippen LogP contribution in [0.25, 0.3) is 10.2 Å². The molecule has 160 valence electrons. The summed E-state index contributed by atoms with van der Waals surface area (Å²) in [7, 11) is 0. The highest BCUT2D eigenvalue weighted by Gasteiger charge is 2.15. The quantitative estimate of drug-likeness (QED) is 0.456. The molecule has 2 aromatic heterocycles. The lowest BCUT2D eigenvalue weighted by Gasteiger charge is -2.11. The van der Waals surface area contributed by atoms with Crippen molar-refractivity contribution in [2.75, 3.05) is 12.3 Å². The van der Waals surface area contributed by atoms with Gasteiger partial charge < -0.3 is 10.3 Å². The number of thiophene rings is 1. The molecule has 2 N–H and O–H groups in total. The second kappa shape index (κ2) is 10.5. The summed E-state index contributed by atoms with van der Waals surface area (Å²) in [5.41, 5.74) is 3.47. The van der Waals surface area contributed by atoms with Crippen LogP contribution in [0.5, 0.6) is 0 Å². The molecule has 3 aromatic rings. The zero-order chi connectivity index (χ0) is 21.7. The fraction of sp³-hybridized carbons (Fsp3) is 0.409. The van der Waals surface area contributed by atoms with Gasteiger partial charge in [0.1, 0.15) is 10.7 Å². The van der Waals surface area contributed by atoms with E-state index in [2.05, 4.69) is 46.5 Å². The van der Waals surface area contributed by atoms with Crippen molar-refractivity contribution >= 4 is 51.0 Å². The number of benzene rings is 1. The number of carbonyl (C=O) groups is 1. The highest BCUT2D eigenvalue weighted by molar-refractivity contribution is 7.99. The van der Waals surface area contributed by atoms with Gasteiger partial charge in [0.2, 0.25) is 5.91 Å². The van der Waals surface area contributed by atoms with E-state index in [-0.39, 0.29) is 16.7 Å². The first kappa shape index (κ1) is 22.9. The van der Waals surface area contributed by atoms with Crippen LogP contribution in [0.4, 0.5) is 0 Å². The molecule has 1 aromatic carbocycles. The molecule has 8 heteroatoms. The topological polar surface area (TPSA) is 74.8 Å². The molecule has 0 radical (unpaired) electrons. The largest absolute Gasteiger partial charge is 0.354 e. The van der Waals surface area contributed by atoms with Crippen LogP contribution in [-0.2, 0) is 16.3 Å². The monoisotopic (exact) mass is 461 g/mol. The third kappa shape index (κ3) is 5.89. The number of thioether (sulfide) groups is 2. The van der Waals surface area contributed by atoms with Crippen molar-refractivity contribution in [1.29, 1.82) is 0 Å². The summed E-state index contributed by atoms with van der Waals surface area (Å²) in [5.74, 6) is 2.95. The van der Waals surface area contributed by atoms with Crippen LogP contribution in [0.1, 0.15) is 34.3 Å². The van der Waals surface area contributed by atoms with Gasteiger partial charge in [-0.1, -0.05) is 29.8 Å². The van der Waals surface area contributed by atoms with E-state index in [1.54, 1.807) is 11.3 Å². The average molecular weight is 462 g/mol. The Kier molecular flexibility index (Phi) is 8.02. The lowest BCUT2D eigenvalue weighted by Crippen LogP contribution is -2.32. The Hall–Kier alpha value is -1.77. The third-order valence-electron chi connectivity index (χ3n) is 4.86. The van der Waals surface area contributed by atoms with Crippen LogP contribution in [-0.4, -0.2) is 33.4 Å². The van der Waals surface area contributed by atoms with Gasteiger partial charge >= 0.3 is 0 Å². The van der Waals surface area contributed by atoms with E-state index in [4.69, 9.17) is 0 Å². The lowest BCUT2D eigenvalue weighted by molar-refractivity contribution is -0.120. The minimum Gasteiger partial charge on any atom is -0.354 e. The molecule has 30 heavy (non-hydrogen) atoms. The molecule has 0 aliphatic carbocycles. The van der Waals surface area contributed by atoms with Crippen LogP contribution in [0.2, 0.25) is 0 Å². The SMILES string of the molecule is Cc1ccc(CSCCNC(=O)C(C)SCc2nc3sc(C)c(C)c3c(=O)[nH]2)cc1. The molecule has 0 aliphatic heterocycles. The number of carbonyl (C=O) groups excluding carboxylic acids is 1. The van der Waals surface area contributed by atoms with Gasteiger partial charge in [-0.15, -0.1) is 23.1 Å². The van der Waals surface area contributed by atoms with Crippen LogP contribution in [0.15, 0.2) is 29.1 Å². The van der Waals surface area contributed by atoms with Crippen molar-refractivity contribution in [3.8, 4) is 0 Å². The Bertz CT molecular complexity index is 1070. The molecule has 3 rings (SSSR count). The summed E-state index contributed by atoms with van der Waals surface area (Å²) >= 11 is 4.83. The maximum absolute atomic E-state index is 12.4. The Morgan fingerprint density at radius 2 is 1.93 bits per heavy atom. The number of nitrogens with one attached hydrogen (secondary N) is 2. The zero-order valence-electron chi connectivity index (χ0n) is 17.7. The fourth-order valence-electron chi connectivity index (χ4n) is 2.91. The number of nitrogens with zero attached hydrogens (tertiary/aromatic N) is 1. The summed E-state index contributed by atoms with van der Waals surface area (Å²) in [4.78, 5) is 34.0. The normalized spacial score (nSPS) is 12.3. The number of fused-ring (bicyclic) bond motifs is 1. The molecule has 5 nitrogen and oxygen atoms in total. The lowest BCUT2D eigenvalue weighted by atomic mass is 10.2. The molecule has 0 saturated carbocycles. The Morgan fingerprint density at radius 1 is 1.20 bits per heavy atom. The van der Waals surface area contributed by atoms with Crippen LogP contribution in [0.3, 0.4) is 0 Å². The maximum atomic E-state index is 12.4. The Balaban J connectivity index is 1.41. The van der Waals surface area contributed by atoms with Crippen LogP contribution < -0.4 is 10.9 Å². The van der Waals surface area contributed by atoms with Crippen LogP contribution in [0, 0.1) is 20.8 Å². The molecule has 0 saturated heterocycles. The van der Waals surface area contributed by atoms with Gasteiger partial charge in [0.05, 0.1) is 16.4 Å². The predicted molar refractivity (Wildman–Crippen MR) is 131 cm³/mol. The average Bonchev–Trinajstić information content (AvgIpc) is 3.01. The highest BCUT2D eigenvalue weighted by Crippen LogP contribution is 2.26. The van der Waals surface area contributed by atoms with E-state index >= 15 is 0 Å². The second-order valence-electron chi connectivity index (χ2n) is 7.26. The number of aromatic nitrogens is 2. The molecule has 0 bridgehead atoms. The first-order valence-corrected chi connectivity index (χ1v) is 12.9. The minimum atomic E-state index is -0.208. The summed E-state index contributed by atoms with van der Waals surface area (Å²) in [6, 6.07) is 8.54. The van der Waals surface area contributed by atoms with Gasteiger partial charge in [0.25, 0.3) is 5.56 Å². The molecule has 1 unspecified atom stereocenters.